The highest BCUT2D eigenvalue weighted by Gasteiger charge is 2.29. The van der Waals surface area contributed by atoms with Crippen LogP contribution >= 0.6 is 0 Å². The fourth-order valence-electron chi connectivity index (χ4n) is 3.01. The van der Waals surface area contributed by atoms with Gasteiger partial charge in [0, 0.05) is 35.9 Å². The van der Waals surface area contributed by atoms with Gasteiger partial charge in [0.25, 0.3) is 5.91 Å². The minimum absolute atomic E-state index is 0.0151. The zero-order chi connectivity index (χ0) is 15.5. The lowest BCUT2D eigenvalue weighted by atomic mass is 10.2. The van der Waals surface area contributed by atoms with Crippen molar-refractivity contribution in [3.8, 4) is 0 Å². The number of ether oxygens (including phenoxy) is 1. The van der Waals surface area contributed by atoms with E-state index in [-0.39, 0.29) is 18.1 Å². The Morgan fingerprint density at radius 2 is 2.27 bits per heavy atom. The molecule has 1 amide bonds. The highest BCUT2D eigenvalue weighted by molar-refractivity contribution is 5.96. The van der Waals surface area contributed by atoms with Gasteiger partial charge >= 0.3 is 0 Å². The predicted octanol–water partition coefficient (Wildman–Crippen LogP) is 2.50. The first-order chi connectivity index (χ1) is 10.7. The SMILES string of the molecule is CCCn1ccc2cc(NC(=O)[C@@H]3CC[C@H](CN)O3)ccc21. The fraction of sp³-hybridized carbons (Fsp3) is 0.471. The Kier molecular flexibility index (Phi) is 4.45. The summed E-state index contributed by atoms with van der Waals surface area (Å²) in [5.74, 6) is -0.0803. The van der Waals surface area contributed by atoms with Gasteiger partial charge in [-0.2, -0.15) is 0 Å². The van der Waals surface area contributed by atoms with Crippen LogP contribution in [0.15, 0.2) is 30.5 Å². The Hall–Kier alpha value is -1.85. The van der Waals surface area contributed by atoms with Gasteiger partial charge in [-0.15, -0.1) is 0 Å². The number of carbonyl (C=O) groups excluding carboxylic acids is 1. The van der Waals surface area contributed by atoms with E-state index < -0.39 is 0 Å². The predicted molar refractivity (Wildman–Crippen MR) is 87.8 cm³/mol. The minimum Gasteiger partial charge on any atom is -0.364 e. The molecule has 22 heavy (non-hydrogen) atoms. The fourth-order valence-corrected chi connectivity index (χ4v) is 3.01. The van der Waals surface area contributed by atoms with Crippen molar-refractivity contribution in [1.29, 1.82) is 0 Å². The van der Waals surface area contributed by atoms with Crippen LogP contribution in [0.5, 0.6) is 0 Å². The largest absolute Gasteiger partial charge is 0.364 e. The van der Waals surface area contributed by atoms with E-state index in [9.17, 15) is 4.79 Å². The van der Waals surface area contributed by atoms with Crippen molar-refractivity contribution in [2.24, 2.45) is 5.73 Å². The number of nitrogens with zero attached hydrogens (tertiary/aromatic N) is 1. The monoisotopic (exact) mass is 301 g/mol. The van der Waals surface area contributed by atoms with Gasteiger partial charge in [0.2, 0.25) is 0 Å². The van der Waals surface area contributed by atoms with E-state index in [0.717, 1.165) is 36.9 Å². The van der Waals surface area contributed by atoms with Crippen LogP contribution in [-0.4, -0.2) is 29.2 Å². The number of rotatable bonds is 5. The summed E-state index contributed by atoms with van der Waals surface area (Å²) >= 11 is 0. The second-order valence-electron chi connectivity index (χ2n) is 5.83. The number of benzene rings is 1. The molecule has 2 heterocycles. The summed E-state index contributed by atoms with van der Waals surface area (Å²) in [6.45, 7) is 3.64. The third kappa shape index (κ3) is 3.00. The maximum absolute atomic E-state index is 12.2. The quantitative estimate of drug-likeness (QED) is 0.891. The van der Waals surface area contributed by atoms with Gasteiger partial charge in [0.1, 0.15) is 6.10 Å². The molecule has 0 saturated carbocycles. The Balaban J connectivity index is 1.70. The molecule has 3 rings (SSSR count). The topological polar surface area (TPSA) is 69.3 Å². The molecule has 3 N–H and O–H groups in total. The van der Waals surface area contributed by atoms with E-state index in [0.29, 0.717) is 6.54 Å². The molecule has 2 atom stereocenters. The molecule has 1 aromatic carbocycles. The molecular weight excluding hydrogens is 278 g/mol. The molecule has 0 radical (unpaired) electrons. The Bertz CT molecular complexity index is 665. The van der Waals surface area contributed by atoms with Crippen molar-refractivity contribution in [2.75, 3.05) is 11.9 Å². The first-order valence-corrected chi connectivity index (χ1v) is 7.96. The summed E-state index contributed by atoms with van der Waals surface area (Å²) in [4.78, 5) is 12.2. The molecule has 5 nitrogen and oxygen atoms in total. The van der Waals surface area contributed by atoms with E-state index in [4.69, 9.17) is 10.5 Å². The zero-order valence-electron chi connectivity index (χ0n) is 12.9. The maximum atomic E-state index is 12.2. The average molecular weight is 301 g/mol. The number of hydrogen-bond donors (Lipinski definition) is 2. The first-order valence-electron chi connectivity index (χ1n) is 7.96. The number of anilines is 1. The minimum atomic E-state index is -0.381. The standard InChI is InChI=1S/C17H23N3O2/c1-2-8-20-9-7-12-10-13(3-5-15(12)20)19-17(21)16-6-4-14(11-18)22-16/h3,5,7,9-10,14,16H,2,4,6,8,11,18H2,1H3,(H,19,21)/t14-,16+/m1/s1. The molecule has 2 aromatic rings. The average Bonchev–Trinajstić information content (AvgIpc) is 3.14. The van der Waals surface area contributed by atoms with Crippen LogP contribution in [0.4, 0.5) is 5.69 Å². The van der Waals surface area contributed by atoms with E-state index in [1.807, 2.05) is 12.1 Å². The van der Waals surface area contributed by atoms with Gasteiger partial charge in [-0.3, -0.25) is 4.79 Å². The van der Waals surface area contributed by atoms with E-state index in [1.54, 1.807) is 0 Å². The van der Waals surface area contributed by atoms with Crippen molar-refractivity contribution in [3.05, 3.63) is 30.5 Å². The van der Waals surface area contributed by atoms with Crippen molar-refractivity contribution in [3.63, 3.8) is 0 Å². The van der Waals surface area contributed by atoms with Crippen LogP contribution in [0, 0.1) is 0 Å². The lowest BCUT2D eigenvalue weighted by molar-refractivity contribution is -0.126. The number of nitrogens with one attached hydrogen (secondary N) is 1. The van der Waals surface area contributed by atoms with Crippen LogP contribution in [0.1, 0.15) is 26.2 Å². The van der Waals surface area contributed by atoms with Gasteiger partial charge in [0.15, 0.2) is 0 Å². The molecular formula is C17H23N3O2. The maximum Gasteiger partial charge on any atom is 0.253 e. The molecule has 5 heteroatoms. The summed E-state index contributed by atoms with van der Waals surface area (Å²) in [6.07, 6.45) is 4.42. The summed E-state index contributed by atoms with van der Waals surface area (Å²) in [5.41, 5.74) is 7.59. The highest BCUT2D eigenvalue weighted by atomic mass is 16.5. The Morgan fingerprint density at radius 1 is 1.41 bits per heavy atom. The number of amides is 1. The van der Waals surface area contributed by atoms with Crippen LogP contribution in [0.2, 0.25) is 0 Å². The second-order valence-corrected chi connectivity index (χ2v) is 5.83. The summed E-state index contributed by atoms with van der Waals surface area (Å²) < 4.78 is 7.86. The lowest BCUT2D eigenvalue weighted by Crippen LogP contribution is -2.29. The Morgan fingerprint density at radius 3 is 3.00 bits per heavy atom. The van der Waals surface area contributed by atoms with Crippen molar-refractivity contribution in [1.82, 2.24) is 4.57 Å². The van der Waals surface area contributed by atoms with E-state index in [1.165, 1.54) is 5.52 Å². The summed E-state index contributed by atoms with van der Waals surface area (Å²) in [7, 11) is 0. The first kappa shape index (κ1) is 15.1. The molecule has 1 aliphatic heterocycles. The molecule has 118 valence electrons. The zero-order valence-corrected chi connectivity index (χ0v) is 12.9. The smallest absolute Gasteiger partial charge is 0.253 e. The van der Waals surface area contributed by atoms with E-state index >= 15 is 0 Å². The van der Waals surface area contributed by atoms with Crippen molar-refractivity contribution < 1.29 is 9.53 Å². The van der Waals surface area contributed by atoms with E-state index in [2.05, 4.69) is 35.1 Å². The van der Waals surface area contributed by atoms with Gasteiger partial charge in [-0.1, -0.05) is 6.92 Å². The molecule has 0 unspecified atom stereocenters. The molecule has 1 aromatic heterocycles. The molecule has 1 aliphatic rings. The van der Waals surface area contributed by atoms with Crippen LogP contribution in [0.25, 0.3) is 10.9 Å². The van der Waals surface area contributed by atoms with Crippen LogP contribution < -0.4 is 11.1 Å². The second kappa shape index (κ2) is 6.50. The third-order valence-corrected chi connectivity index (χ3v) is 4.17. The van der Waals surface area contributed by atoms with Crippen LogP contribution in [-0.2, 0) is 16.1 Å². The van der Waals surface area contributed by atoms with Gasteiger partial charge in [-0.05, 0) is 43.5 Å². The Labute approximate surface area is 130 Å². The molecule has 1 saturated heterocycles. The van der Waals surface area contributed by atoms with Crippen molar-refractivity contribution in [2.45, 2.75) is 44.9 Å². The molecule has 0 spiro atoms. The van der Waals surface area contributed by atoms with Gasteiger partial charge < -0.3 is 20.4 Å². The molecule has 0 aliphatic carbocycles. The van der Waals surface area contributed by atoms with Crippen LogP contribution in [0.3, 0.4) is 0 Å². The lowest BCUT2D eigenvalue weighted by Gasteiger charge is -2.13. The summed E-state index contributed by atoms with van der Waals surface area (Å²) in [6, 6.07) is 8.09. The molecule has 0 bridgehead atoms. The number of aromatic nitrogens is 1. The van der Waals surface area contributed by atoms with Gasteiger partial charge in [-0.25, -0.2) is 0 Å². The number of aryl methyl sites for hydroxylation is 1. The number of carbonyl (C=O) groups is 1. The highest BCUT2D eigenvalue weighted by Crippen LogP contribution is 2.23. The number of nitrogens with two attached hydrogens (primary N) is 1. The number of fused-ring (bicyclic) bond motifs is 1. The molecule has 1 fully saturated rings. The van der Waals surface area contributed by atoms with Gasteiger partial charge in [0.05, 0.1) is 6.10 Å². The summed E-state index contributed by atoms with van der Waals surface area (Å²) in [5, 5.41) is 4.09. The third-order valence-electron chi connectivity index (χ3n) is 4.17. The number of hydrogen-bond acceptors (Lipinski definition) is 3. The normalized spacial score (nSPS) is 21.4. The van der Waals surface area contributed by atoms with Crippen molar-refractivity contribution >= 4 is 22.5 Å².